The van der Waals surface area contributed by atoms with Gasteiger partial charge in [-0.1, -0.05) is 62.2 Å². The molecule has 0 N–H and O–H groups in total. The van der Waals surface area contributed by atoms with E-state index in [1.807, 2.05) is 24.3 Å². The maximum atomic E-state index is 13.3. The second kappa shape index (κ2) is 9.29. The fourth-order valence-corrected chi connectivity index (χ4v) is 4.77. The SMILES string of the molecule is CC(C)(C)C1CCc2nc3ccccc3c(C(=O)OCCOc3ccc(Cl)cc3Cl)c2C1. The molecule has 6 heteroatoms. The lowest BCUT2D eigenvalue weighted by Crippen LogP contribution is -2.29. The fraction of sp³-hybridized carbons (Fsp3) is 0.385. The van der Waals surface area contributed by atoms with E-state index in [1.165, 1.54) is 0 Å². The number of hydrogen-bond acceptors (Lipinski definition) is 4. The van der Waals surface area contributed by atoms with Crippen LogP contribution in [0, 0.1) is 11.3 Å². The molecule has 168 valence electrons. The maximum absolute atomic E-state index is 13.3. The highest BCUT2D eigenvalue weighted by atomic mass is 35.5. The maximum Gasteiger partial charge on any atom is 0.339 e. The van der Waals surface area contributed by atoms with E-state index in [-0.39, 0.29) is 24.6 Å². The van der Waals surface area contributed by atoms with Crippen LogP contribution in [0.3, 0.4) is 0 Å². The Morgan fingerprint density at radius 3 is 2.66 bits per heavy atom. The molecule has 0 aliphatic heterocycles. The summed E-state index contributed by atoms with van der Waals surface area (Å²) in [5.41, 5.74) is 3.68. The molecule has 1 aliphatic carbocycles. The fourth-order valence-electron chi connectivity index (χ4n) is 4.31. The second-order valence-corrected chi connectivity index (χ2v) is 10.1. The molecular formula is C26H27Cl2NO3. The van der Waals surface area contributed by atoms with E-state index in [0.717, 1.165) is 41.4 Å². The highest BCUT2D eigenvalue weighted by Gasteiger charge is 2.33. The average Bonchev–Trinajstić information content (AvgIpc) is 2.75. The molecule has 0 spiro atoms. The number of pyridine rings is 1. The highest BCUT2D eigenvalue weighted by molar-refractivity contribution is 6.35. The number of benzene rings is 2. The Hall–Kier alpha value is -2.30. The molecule has 1 aliphatic rings. The molecule has 2 aromatic carbocycles. The Morgan fingerprint density at radius 2 is 1.91 bits per heavy atom. The zero-order valence-electron chi connectivity index (χ0n) is 18.6. The van der Waals surface area contributed by atoms with E-state index in [1.54, 1.807) is 18.2 Å². The van der Waals surface area contributed by atoms with E-state index in [0.29, 0.717) is 27.3 Å². The number of rotatable bonds is 5. The van der Waals surface area contributed by atoms with E-state index >= 15 is 0 Å². The molecule has 1 unspecified atom stereocenters. The topological polar surface area (TPSA) is 48.4 Å². The Bertz CT molecular complexity index is 1150. The summed E-state index contributed by atoms with van der Waals surface area (Å²) in [6.07, 6.45) is 2.78. The molecule has 32 heavy (non-hydrogen) atoms. The third-order valence-electron chi connectivity index (χ3n) is 6.16. The zero-order chi connectivity index (χ0) is 22.9. The number of carbonyl (C=O) groups excluding carboxylic acids is 1. The number of halogens is 2. The molecule has 0 bridgehead atoms. The molecule has 0 amide bonds. The lowest BCUT2D eigenvalue weighted by Gasteiger charge is -2.35. The summed E-state index contributed by atoms with van der Waals surface area (Å²) in [4.78, 5) is 18.1. The zero-order valence-corrected chi connectivity index (χ0v) is 20.1. The Morgan fingerprint density at radius 1 is 1.12 bits per heavy atom. The van der Waals surface area contributed by atoms with E-state index in [2.05, 4.69) is 20.8 Å². The van der Waals surface area contributed by atoms with Crippen molar-refractivity contribution in [2.24, 2.45) is 11.3 Å². The predicted octanol–water partition coefficient (Wildman–Crippen LogP) is 6.93. The van der Waals surface area contributed by atoms with Crippen LogP contribution in [0.25, 0.3) is 10.9 Å². The van der Waals surface area contributed by atoms with Crippen molar-refractivity contribution in [3.05, 3.63) is 69.3 Å². The molecule has 4 nitrogen and oxygen atoms in total. The van der Waals surface area contributed by atoms with Crippen molar-refractivity contribution < 1.29 is 14.3 Å². The lowest BCUT2D eigenvalue weighted by atomic mass is 9.70. The summed E-state index contributed by atoms with van der Waals surface area (Å²) in [5, 5.41) is 1.80. The molecule has 0 radical (unpaired) electrons. The molecule has 1 aromatic heterocycles. The third kappa shape index (κ3) is 4.87. The monoisotopic (exact) mass is 471 g/mol. The molecule has 0 fully saturated rings. The van der Waals surface area contributed by atoms with Crippen LogP contribution in [0.5, 0.6) is 5.75 Å². The van der Waals surface area contributed by atoms with E-state index in [4.69, 9.17) is 37.7 Å². The van der Waals surface area contributed by atoms with Crippen LogP contribution in [0.4, 0.5) is 0 Å². The van der Waals surface area contributed by atoms with Crippen molar-refractivity contribution in [1.29, 1.82) is 0 Å². The third-order valence-corrected chi connectivity index (χ3v) is 6.69. The number of fused-ring (bicyclic) bond motifs is 2. The van der Waals surface area contributed by atoms with E-state index < -0.39 is 0 Å². The number of aryl methyl sites for hydroxylation is 1. The van der Waals surface area contributed by atoms with E-state index in [9.17, 15) is 4.79 Å². The molecule has 0 saturated carbocycles. The molecule has 3 aromatic rings. The quantitative estimate of drug-likeness (QED) is 0.299. The van der Waals surface area contributed by atoms with Gasteiger partial charge in [0.1, 0.15) is 19.0 Å². The van der Waals surface area contributed by atoms with Crippen LogP contribution < -0.4 is 4.74 Å². The molecular weight excluding hydrogens is 445 g/mol. The second-order valence-electron chi connectivity index (χ2n) is 9.29. The number of esters is 1. The Kier molecular flexibility index (Phi) is 6.64. The normalized spacial score (nSPS) is 16.0. The minimum atomic E-state index is -0.333. The average molecular weight is 472 g/mol. The number of ether oxygens (including phenoxy) is 2. The lowest BCUT2D eigenvalue weighted by molar-refractivity contribution is 0.0450. The Labute approximate surface area is 198 Å². The van der Waals surface area contributed by atoms with Gasteiger partial charge >= 0.3 is 5.97 Å². The summed E-state index contributed by atoms with van der Waals surface area (Å²) in [6.45, 7) is 7.09. The minimum absolute atomic E-state index is 0.117. The summed E-state index contributed by atoms with van der Waals surface area (Å²) in [6, 6.07) is 12.8. The van der Waals surface area contributed by atoms with Gasteiger partial charge < -0.3 is 9.47 Å². The number of carbonyl (C=O) groups is 1. The highest BCUT2D eigenvalue weighted by Crippen LogP contribution is 2.39. The van der Waals surface area contributed by atoms with Gasteiger partial charge in [-0.05, 0) is 60.4 Å². The van der Waals surface area contributed by atoms with Gasteiger partial charge in [0, 0.05) is 16.1 Å². The van der Waals surface area contributed by atoms with Crippen LogP contribution in [0.2, 0.25) is 10.0 Å². The van der Waals surface area contributed by atoms with Crippen LogP contribution >= 0.6 is 23.2 Å². The summed E-state index contributed by atoms with van der Waals surface area (Å²) in [7, 11) is 0. The van der Waals surface area contributed by atoms with Crippen molar-refractivity contribution >= 4 is 40.1 Å². The van der Waals surface area contributed by atoms with Crippen molar-refractivity contribution in [1.82, 2.24) is 4.98 Å². The van der Waals surface area contributed by atoms with Crippen molar-refractivity contribution in [2.75, 3.05) is 13.2 Å². The van der Waals surface area contributed by atoms with Crippen LogP contribution in [0.15, 0.2) is 42.5 Å². The minimum Gasteiger partial charge on any atom is -0.488 e. The van der Waals surface area contributed by atoms with Crippen LogP contribution in [-0.2, 0) is 17.6 Å². The first-order valence-electron chi connectivity index (χ1n) is 10.9. The molecule has 0 saturated heterocycles. The van der Waals surface area contributed by atoms with Crippen LogP contribution in [-0.4, -0.2) is 24.2 Å². The van der Waals surface area contributed by atoms with Gasteiger partial charge in [-0.2, -0.15) is 0 Å². The van der Waals surface area contributed by atoms with Gasteiger partial charge in [-0.15, -0.1) is 0 Å². The summed E-state index contributed by atoms with van der Waals surface area (Å²) < 4.78 is 11.3. The van der Waals surface area contributed by atoms with Gasteiger partial charge in [-0.3, -0.25) is 4.98 Å². The molecule has 1 heterocycles. The van der Waals surface area contributed by atoms with Gasteiger partial charge in [0.15, 0.2) is 0 Å². The van der Waals surface area contributed by atoms with Crippen molar-refractivity contribution in [2.45, 2.75) is 40.0 Å². The molecule has 4 rings (SSSR count). The predicted molar refractivity (Wildman–Crippen MR) is 129 cm³/mol. The van der Waals surface area contributed by atoms with Crippen molar-refractivity contribution in [3.8, 4) is 5.75 Å². The first-order chi connectivity index (χ1) is 15.2. The number of para-hydroxylation sites is 1. The smallest absolute Gasteiger partial charge is 0.339 e. The van der Waals surface area contributed by atoms with Gasteiger partial charge in [0.25, 0.3) is 0 Å². The van der Waals surface area contributed by atoms with Crippen molar-refractivity contribution in [3.63, 3.8) is 0 Å². The van der Waals surface area contributed by atoms with Gasteiger partial charge in [0.2, 0.25) is 0 Å². The number of nitrogens with zero attached hydrogens (tertiary/aromatic N) is 1. The summed E-state index contributed by atoms with van der Waals surface area (Å²) in [5.74, 6) is 0.659. The standard InChI is InChI=1S/C26H27Cl2NO3/c1-26(2,3)16-8-10-22-19(14-16)24(18-6-4-5-7-21(18)29-22)25(30)32-13-12-31-23-11-9-17(27)15-20(23)28/h4-7,9,11,15-16H,8,10,12-14H2,1-3H3. The molecule has 1 atom stereocenters. The first-order valence-corrected chi connectivity index (χ1v) is 11.6. The number of hydrogen-bond donors (Lipinski definition) is 0. The Balaban J connectivity index is 1.55. The largest absolute Gasteiger partial charge is 0.488 e. The number of aromatic nitrogens is 1. The summed E-state index contributed by atoms with van der Waals surface area (Å²) >= 11 is 12.1. The van der Waals surface area contributed by atoms with Gasteiger partial charge in [-0.25, -0.2) is 4.79 Å². The van der Waals surface area contributed by atoms with Gasteiger partial charge in [0.05, 0.1) is 16.1 Å². The first kappa shape index (κ1) is 22.9. The van der Waals surface area contributed by atoms with Crippen LogP contribution in [0.1, 0.15) is 48.8 Å².